The predicted octanol–water partition coefficient (Wildman–Crippen LogP) is 5.45. The van der Waals surface area contributed by atoms with Crippen LogP contribution in [-0.2, 0) is 15.8 Å². The molecule has 0 aliphatic heterocycles. The van der Waals surface area contributed by atoms with Crippen LogP contribution in [0, 0.1) is 18.2 Å². The summed E-state index contributed by atoms with van der Waals surface area (Å²) in [7, 11) is 0. The van der Waals surface area contributed by atoms with E-state index in [1.165, 1.54) is 19.1 Å². The lowest BCUT2D eigenvalue weighted by Gasteiger charge is -2.23. The van der Waals surface area contributed by atoms with E-state index >= 15 is 0 Å². The number of aromatic nitrogens is 1. The Morgan fingerprint density at radius 2 is 1.78 bits per heavy atom. The fourth-order valence-electron chi connectivity index (χ4n) is 3.47. The number of alkyl halides is 3. The lowest BCUT2D eigenvalue weighted by atomic mass is 10.0. The molecular weight excluding hydrogens is 524 g/mol. The van der Waals surface area contributed by atoms with Gasteiger partial charge < -0.3 is 11.1 Å². The van der Waals surface area contributed by atoms with Gasteiger partial charge in [0.1, 0.15) is 16.1 Å². The number of nitrogens with one attached hydrogen (secondary N) is 1. The molecule has 4 rings (SSSR count). The Hall–Kier alpha value is -3.51. The van der Waals surface area contributed by atoms with E-state index in [1.807, 2.05) is 0 Å². The Kier molecular flexibility index (Phi) is 6.52. The van der Waals surface area contributed by atoms with E-state index in [2.05, 4.69) is 10.3 Å². The summed E-state index contributed by atoms with van der Waals surface area (Å²) < 4.78 is 52.8. The minimum absolute atomic E-state index is 0.00285. The average molecular weight is 541 g/mol. The Morgan fingerprint density at radius 3 is 2.33 bits per heavy atom. The molecule has 1 fully saturated rings. The number of amides is 3. The average Bonchev–Trinajstić information content (AvgIpc) is 3.53. The Bertz CT molecular complexity index is 1370. The van der Waals surface area contributed by atoms with Crippen LogP contribution in [0.3, 0.4) is 0 Å². The zero-order valence-corrected chi connectivity index (χ0v) is 20.0. The molecule has 0 bridgehead atoms. The van der Waals surface area contributed by atoms with Crippen molar-refractivity contribution in [2.75, 3.05) is 10.2 Å². The second kappa shape index (κ2) is 9.17. The number of hydrogen-bond acceptors (Lipinski definition) is 5. The molecule has 1 aliphatic carbocycles. The molecule has 3 N–H and O–H groups in total. The van der Waals surface area contributed by atoms with Crippen molar-refractivity contribution in [3.05, 3.63) is 69.4 Å². The molecule has 1 aliphatic rings. The highest BCUT2D eigenvalue weighted by molar-refractivity contribution is 7.18. The molecule has 3 aromatic rings. The van der Waals surface area contributed by atoms with Crippen LogP contribution >= 0.6 is 22.9 Å². The van der Waals surface area contributed by atoms with Crippen LogP contribution in [0.25, 0.3) is 0 Å². The summed E-state index contributed by atoms with van der Waals surface area (Å²) >= 11 is 6.74. The Balaban J connectivity index is 1.70. The number of primary amides is 1. The first kappa shape index (κ1) is 25.6. The number of hydrogen-bond donors (Lipinski definition) is 2. The molecule has 7 nitrogen and oxygen atoms in total. The summed E-state index contributed by atoms with van der Waals surface area (Å²) in [5, 5.41) is 2.23. The molecule has 2 aromatic carbocycles. The van der Waals surface area contributed by atoms with E-state index in [9.17, 15) is 31.9 Å². The molecule has 1 aromatic heterocycles. The van der Waals surface area contributed by atoms with Gasteiger partial charge in [0.05, 0.1) is 27.7 Å². The van der Waals surface area contributed by atoms with Crippen molar-refractivity contribution < 1.29 is 31.9 Å². The topological polar surface area (TPSA) is 105 Å². The number of thiazole rings is 1. The zero-order valence-electron chi connectivity index (χ0n) is 18.5. The van der Waals surface area contributed by atoms with Gasteiger partial charge in [0.25, 0.3) is 5.91 Å². The number of anilines is 3. The van der Waals surface area contributed by atoms with Crippen LogP contribution in [0.15, 0.2) is 42.5 Å². The standard InChI is InChI=1S/C23H17ClF4N4O3S/c1-11-17(18(33)31-16-10-12(23(26,27)28)2-7-15(16)24)36-21(30-11)32(14-5-3-13(25)4-6-14)20(35)22(8-9-22)19(29)34/h2-7,10H,8-9H2,1H3,(H2,29,34)(H,31,33). The van der Waals surface area contributed by atoms with Crippen LogP contribution in [-0.4, -0.2) is 22.7 Å². The van der Waals surface area contributed by atoms with E-state index in [0.29, 0.717) is 6.07 Å². The second-order valence-corrected chi connectivity index (χ2v) is 9.51. The molecule has 3 amide bonds. The molecule has 0 radical (unpaired) electrons. The zero-order chi connectivity index (χ0) is 26.4. The van der Waals surface area contributed by atoms with Crippen molar-refractivity contribution >= 4 is 57.2 Å². The van der Waals surface area contributed by atoms with Gasteiger partial charge in [0.2, 0.25) is 11.8 Å². The maximum atomic E-state index is 13.5. The maximum Gasteiger partial charge on any atom is 0.416 e. The Labute approximate surface area is 210 Å². The normalized spacial score (nSPS) is 14.3. The number of carbonyl (C=O) groups is 3. The van der Waals surface area contributed by atoms with E-state index in [4.69, 9.17) is 17.3 Å². The van der Waals surface area contributed by atoms with Crippen molar-refractivity contribution in [1.29, 1.82) is 0 Å². The second-order valence-electron chi connectivity index (χ2n) is 8.12. The number of benzene rings is 2. The molecule has 0 unspecified atom stereocenters. The van der Waals surface area contributed by atoms with Crippen molar-refractivity contribution in [3.63, 3.8) is 0 Å². The van der Waals surface area contributed by atoms with Gasteiger partial charge in [-0.25, -0.2) is 9.37 Å². The van der Waals surface area contributed by atoms with E-state index in [-0.39, 0.29) is 44.9 Å². The maximum absolute atomic E-state index is 13.5. The summed E-state index contributed by atoms with van der Waals surface area (Å²) in [6.45, 7) is 1.47. The first-order valence-corrected chi connectivity index (χ1v) is 11.6. The highest BCUT2D eigenvalue weighted by Crippen LogP contribution is 2.49. The monoisotopic (exact) mass is 540 g/mol. The van der Waals surface area contributed by atoms with E-state index < -0.39 is 40.7 Å². The first-order valence-electron chi connectivity index (χ1n) is 10.4. The third-order valence-electron chi connectivity index (χ3n) is 5.64. The minimum atomic E-state index is -4.65. The lowest BCUT2D eigenvalue weighted by molar-refractivity contribution is -0.137. The van der Waals surface area contributed by atoms with Gasteiger partial charge in [-0.15, -0.1) is 0 Å². The number of carbonyl (C=O) groups excluding carboxylic acids is 3. The molecule has 0 saturated heterocycles. The fourth-order valence-corrected chi connectivity index (χ4v) is 4.62. The molecule has 188 valence electrons. The fraction of sp³-hybridized carbons (Fsp3) is 0.217. The van der Waals surface area contributed by atoms with E-state index in [1.54, 1.807) is 0 Å². The SMILES string of the molecule is Cc1nc(N(C(=O)C2(C(N)=O)CC2)c2ccc(F)cc2)sc1C(=O)Nc1cc(C(F)(F)F)ccc1Cl. The number of nitrogens with zero attached hydrogens (tertiary/aromatic N) is 2. The van der Waals surface area contributed by atoms with Gasteiger partial charge in [-0.2, -0.15) is 13.2 Å². The molecule has 13 heteroatoms. The molecule has 0 spiro atoms. The number of nitrogens with two attached hydrogens (primary N) is 1. The van der Waals surface area contributed by atoms with Gasteiger partial charge in [-0.05, 0) is 62.2 Å². The van der Waals surface area contributed by atoms with Crippen molar-refractivity contribution in [1.82, 2.24) is 4.98 Å². The molecule has 0 atom stereocenters. The summed E-state index contributed by atoms with van der Waals surface area (Å²) in [6.07, 6.45) is -4.19. The van der Waals surface area contributed by atoms with E-state index in [0.717, 1.165) is 40.5 Å². The largest absolute Gasteiger partial charge is 0.416 e. The van der Waals surface area contributed by atoms with Crippen molar-refractivity contribution in [2.24, 2.45) is 11.1 Å². The predicted molar refractivity (Wildman–Crippen MR) is 126 cm³/mol. The van der Waals surface area contributed by atoms with Crippen molar-refractivity contribution in [2.45, 2.75) is 25.9 Å². The van der Waals surface area contributed by atoms with Crippen molar-refractivity contribution in [3.8, 4) is 0 Å². The molecule has 36 heavy (non-hydrogen) atoms. The summed E-state index contributed by atoms with van der Waals surface area (Å²) in [6, 6.07) is 7.35. The Morgan fingerprint density at radius 1 is 1.14 bits per heavy atom. The quantitative estimate of drug-likeness (QED) is 0.320. The minimum Gasteiger partial charge on any atom is -0.369 e. The summed E-state index contributed by atoms with van der Waals surface area (Å²) in [5.74, 6) is -2.86. The van der Waals surface area contributed by atoms with Crippen LogP contribution < -0.4 is 16.0 Å². The van der Waals surface area contributed by atoms with Crippen LogP contribution in [0.2, 0.25) is 5.02 Å². The third kappa shape index (κ3) is 4.78. The molecular formula is C23H17ClF4N4O3S. The summed E-state index contributed by atoms with van der Waals surface area (Å²) in [5.41, 5.74) is 3.11. The van der Waals surface area contributed by atoms with Crippen LogP contribution in [0.4, 0.5) is 34.1 Å². The van der Waals surface area contributed by atoms with Crippen LogP contribution in [0.5, 0.6) is 0 Å². The first-order chi connectivity index (χ1) is 16.8. The molecule has 1 saturated carbocycles. The van der Waals surface area contributed by atoms with Gasteiger partial charge in [0.15, 0.2) is 5.13 Å². The number of aryl methyl sites for hydroxylation is 1. The number of rotatable bonds is 6. The summed E-state index contributed by atoms with van der Waals surface area (Å²) in [4.78, 5) is 43.7. The van der Waals surface area contributed by atoms with Gasteiger partial charge in [-0.3, -0.25) is 19.3 Å². The highest BCUT2D eigenvalue weighted by Gasteiger charge is 2.58. The van der Waals surface area contributed by atoms with Gasteiger partial charge in [0, 0.05) is 0 Å². The van der Waals surface area contributed by atoms with Gasteiger partial charge >= 0.3 is 6.18 Å². The van der Waals surface area contributed by atoms with Crippen LogP contribution in [0.1, 0.15) is 33.8 Å². The smallest absolute Gasteiger partial charge is 0.369 e. The highest BCUT2D eigenvalue weighted by atomic mass is 35.5. The third-order valence-corrected chi connectivity index (χ3v) is 7.11. The lowest BCUT2D eigenvalue weighted by Crippen LogP contribution is -2.41. The molecule has 1 heterocycles. The van der Waals surface area contributed by atoms with Gasteiger partial charge in [-0.1, -0.05) is 22.9 Å². The number of halogens is 5.